The molecule has 0 aliphatic carbocycles. The lowest BCUT2D eigenvalue weighted by molar-refractivity contribution is -0.167. The quantitative estimate of drug-likeness (QED) is 0.0261. The van der Waals surface area contributed by atoms with Crippen LogP contribution in [0.1, 0.15) is 329 Å². The number of hydrogen-bond donors (Lipinski definition) is 0. The Labute approximate surface area is 429 Å². The van der Waals surface area contributed by atoms with E-state index in [9.17, 15) is 14.4 Å². The van der Waals surface area contributed by atoms with Gasteiger partial charge in [-0.15, -0.1) is 0 Å². The van der Waals surface area contributed by atoms with Crippen molar-refractivity contribution in [3.05, 3.63) is 36.5 Å². The van der Waals surface area contributed by atoms with Crippen LogP contribution in [0.4, 0.5) is 0 Å². The summed E-state index contributed by atoms with van der Waals surface area (Å²) in [6.45, 7) is 6.64. The van der Waals surface area contributed by atoms with Crippen molar-refractivity contribution in [2.24, 2.45) is 0 Å². The average Bonchev–Trinajstić information content (AvgIpc) is 3.35. The second-order valence-corrected chi connectivity index (χ2v) is 20.6. The van der Waals surface area contributed by atoms with Crippen LogP contribution in [-0.4, -0.2) is 37.2 Å². The van der Waals surface area contributed by atoms with Crippen molar-refractivity contribution in [3.8, 4) is 0 Å². The number of hydrogen-bond acceptors (Lipinski definition) is 6. The van der Waals surface area contributed by atoms with Gasteiger partial charge in [0.25, 0.3) is 0 Å². The summed E-state index contributed by atoms with van der Waals surface area (Å²) in [7, 11) is 0. The van der Waals surface area contributed by atoms with Gasteiger partial charge in [-0.25, -0.2) is 0 Å². The van der Waals surface area contributed by atoms with E-state index in [1.807, 2.05) is 0 Å². The minimum atomic E-state index is -0.771. The minimum absolute atomic E-state index is 0.0705. The molecule has 0 aliphatic heterocycles. The fourth-order valence-electron chi connectivity index (χ4n) is 9.00. The Morgan fingerprint density at radius 3 is 0.841 bits per heavy atom. The summed E-state index contributed by atoms with van der Waals surface area (Å²) in [5.41, 5.74) is 0. The van der Waals surface area contributed by atoms with Gasteiger partial charge >= 0.3 is 17.9 Å². The van der Waals surface area contributed by atoms with Gasteiger partial charge in [0.15, 0.2) is 6.10 Å². The summed E-state index contributed by atoms with van der Waals surface area (Å²) >= 11 is 0. The van der Waals surface area contributed by atoms with Gasteiger partial charge in [-0.2, -0.15) is 0 Å². The van der Waals surface area contributed by atoms with Crippen molar-refractivity contribution in [1.82, 2.24) is 0 Å². The lowest BCUT2D eigenvalue weighted by Gasteiger charge is -2.18. The van der Waals surface area contributed by atoms with E-state index in [1.54, 1.807) is 0 Å². The molecule has 1 unspecified atom stereocenters. The number of carbonyl (C=O) groups is 3. The molecule has 6 nitrogen and oxygen atoms in total. The lowest BCUT2D eigenvalue weighted by atomic mass is 10.0. The van der Waals surface area contributed by atoms with Gasteiger partial charge in [0.05, 0.1) is 0 Å². The molecule has 6 heteroatoms. The fourth-order valence-corrected chi connectivity index (χ4v) is 9.00. The Morgan fingerprint density at radius 2 is 0.522 bits per heavy atom. The van der Waals surface area contributed by atoms with Gasteiger partial charge in [-0.1, -0.05) is 269 Å². The highest BCUT2D eigenvalue weighted by Gasteiger charge is 2.19. The first kappa shape index (κ1) is 66.6. The number of rotatable bonds is 56. The molecule has 0 spiro atoms. The van der Waals surface area contributed by atoms with E-state index in [0.717, 1.165) is 64.2 Å². The molecule has 0 N–H and O–H groups in total. The van der Waals surface area contributed by atoms with Crippen LogP contribution in [0, 0.1) is 0 Å². The van der Waals surface area contributed by atoms with E-state index in [4.69, 9.17) is 14.2 Å². The zero-order valence-corrected chi connectivity index (χ0v) is 46.3. The predicted octanol–water partition coefficient (Wildman–Crippen LogP) is 20.4. The zero-order chi connectivity index (χ0) is 50.0. The SMILES string of the molecule is CCCCC/C=C\C/C=C\CCCCCCCCCCCC(=O)OC(COC(=O)CCCCCCCCCCC)COC(=O)CCCCCCCCCCCCC/C=C\CCCCCCCCCC. The lowest BCUT2D eigenvalue weighted by Crippen LogP contribution is -2.30. The third kappa shape index (κ3) is 56.4. The van der Waals surface area contributed by atoms with Crippen molar-refractivity contribution in [3.63, 3.8) is 0 Å². The molecule has 0 amide bonds. The van der Waals surface area contributed by atoms with Crippen LogP contribution in [0.25, 0.3) is 0 Å². The molecule has 0 saturated carbocycles. The molecule has 69 heavy (non-hydrogen) atoms. The van der Waals surface area contributed by atoms with E-state index in [1.165, 1.54) is 225 Å². The van der Waals surface area contributed by atoms with Crippen LogP contribution in [0.5, 0.6) is 0 Å². The Hall–Kier alpha value is -2.37. The van der Waals surface area contributed by atoms with E-state index in [-0.39, 0.29) is 31.1 Å². The maximum atomic E-state index is 12.9. The maximum Gasteiger partial charge on any atom is 0.306 e. The molecule has 0 fully saturated rings. The molecule has 0 aliphatic rings. The van der Waals surface area contributed by atoms with Crippen LogP contribution in [0.15, 0.2) is 36.5 Å². The largest absolute Gasteiger partial charge is 0.462 e. The minimum Gasteiger partial charge on any atom is -0.462 e. The number of allylic oxidation sites excluding steroid dienone is 6. The second-order valence-electron chi connectivity index (χ2n) is 20.6. The summed E-state index contributed by atoms with van der Waals surface area (Å²) in [5, 5.41) is 0. The smallest absolute Gasteiger partial charge is 0.306 e. The normalized spacial score (nSPS) is 12.2. The summed E-state index contributed by atoms with van der Waals surface area (Å²) in [4.78, 5) is 38.1. The monoisotopic (exact) mass is 969 g/mol. The van der Waals surface area contributed by atoms with Gasteiger partial charge < -0.3 is 14.2 Å². The van der Waals surface area contributed by atoms with Gasteiger partial charge in [-0.3, -0.25) is 14.4 Å². The van der Waals surface area contributed by atoms with Crippen molar-refractivity contribution in [2.45, 2.75) is 335 Å². The van der Waals surface area contributed by atoms with Crippen LogP contribution in [0.3, 0.4) is 0 Å². The fraction of sp³-hybridized carbons (Fsp3) is 0.857. The Balaban J connectivity index is 4.20. The van der Waals surface area contributed by atoms with E-state index < -0.39 is 6.10 Å². The molecule has 0 bridgehead atoms. The van der Waals surface area contributed by atoms with Gasteiger partial charge in [-0.05, 0) is 77.0 Å². The van der Waals surface area contributed by atoms with Gasteiger partial charge in [0, 0.05) is 19.3 Å². The van der Waals surface area contributed by atoms with Crippen molar-refractivity contribution < 1.29 is 28.6 Å². The number of unbranched alkanes of at least 4 members (excludes halogenated alkanes) is 39. The Bertz CT molecular complexity index is 1160. The van der Waals surface area contributed by atoms with Gasteiger partial charge in [0.2, 0.25) is 0 Å². The average molecular weight is 970 g/mol. The number of carbonyl (C=O) groups excluding carboxylic acids is 3. The summed E-state index contributed by atoms with van der Waals surface area (Å²) in [6.07, 6.45) is 70.1. The highest BCUT2D eigenvalue weighted by atomic mass is 16.6. The molecule has 0 aromatic carbocycles. The second kappa shape index (κ2) is 58.2. The van der Waals surface area contributed by atoms with Gasteiger partial charge in [0.1, 0.15) is 13.2 Å². The van der Waals surface area contributed by atoms with Crippen molar-refractivity contribution >= 4 is 17.9 Å². The summed E-state index contributed by atoms with van der Waals surface area (Å²) in [5.74, 6) is -0.860. The molecular weight excluding hydrogens is 853 g/mol. The molecule has 1 atom stereocenters. The van der Waals surface area contributed by atoms with Crippen LogP contribution >= 0.6 is 0 Å². The Kier molecular flexibility index (Phi) is 56.2. The molecule has 404 valence electrons. The highest BCUT2D eigenvalue weighted by molar-refractivity contribution is 5.71. The summed E-state index contributed by atoms with van der Waals surface area (Å²) in [6, 6.07) is 0. The Morgan fingerprint density at radius 1 is 0.290 bits per heavy atom. The molecule has 0 aromatic heterocycles. The van der Waals surface area contributed by atoms with E-state index in [0.29, 0.717) is 19.3 Å². The standard InChI is InChI=1S/C63H116O6/c1-4-7-10-13-16-19-21-23-25-27-29-30-31-32-34-35-37-39-41-44-47-50-53-56-62(65)68-59-60(58-67-61(64)55-52-49-46-43-18-15-12-9-6-3)69-63(66)57-54-51-48-45-42-40-38-36-33-28-26-24-22-20-17-14-11-8-5-2/h17,20,24,26-27,29,60H,4-16,18-19,21-23,25,28,30-59H2,1-3H3/b20-17-,26-24-,29-27-. The van der Waals surface area contributed by atoms with Crippen molar-refractivity contribution in [1.29, 1.82) is 0 Å². The van der Waals surface area contributed by atoms with E-state index in [2.05, 4.69) is 57.2 Å². The molecule has 0 saturated heterocycles. The first-order chi connectivity index (χ1) is 34.0. The third-order valence-corrected chi connectivity index (χ3v) is 13.6. The summed E-state index contributed by atoms with van der Waals surface area (Å²) < 4.78 is 16.9. The van der Waals surface area contributed by atoms with Crippen LogP contribution in [0.2, 0.25) is 0 Å². The molecule has 0 rings (SSSR count). The van der Waals surface area contributed by atoms with Crippen LogP contribution in [-0.2, 0) is 28.6 Å². The first-order valence-electron chi connectivity index (χ1n) is 30.5. The third-order valence-electron chi connectivity index (χ3n) is 13.6. The molecule has 0 radical (unpaired) electrons. The zero-order valence-electron chi connectivity index (χ0n) is 46.3. The molecule has 0 heterocycles. The maximum absolute atomic E-state index is 12.9. The first-order valence-corrected chi connectivity index (χ1v) is 30.5. The topological polar surface area (TPSA) is 78.9 Å². The molecule has 0 aromatic rings. The number of ether oxygens (including phenoxy) is 3. The number of esters is 3. The molecular formula is C63H116O6. The van der Waals surface area contributed by atoms with Crippen LogP contribution < -0.4 is 0 Å². The van der Waals surface area contributed by atoms with E-state index >= 15 is 0 Å². The van der Waals surface area contributed by atoms with Crippen molar-refractivity contribution in [2.75, 3.05) is 13.2 Å². The highest BCUT2D eigenvalue weighted by Crippen LogP contribution is 2.17. The predicted molar refractivity (Wildman–Crippen MR) is 298 cm³/mol.